The molecular formula is C12H13N5O3. The van der Waals surface area contributed by atoms with Gasteiger partial charge in [-0.2, -0.15) is 4.98 Å². The van der Waals surface area contributed by atoms with Crippen molar-refractivity contribution in [3.63, 3.8) is 0 Å². The molecule has 2 aromatic heterocycles. The molecule has 0 aromatic carbocycles. The third-order valence-electron chi connectivity index (χ3n) is 2.46. The van der Waals surface area contributed by atoms with E-state index in [2.05, 4.69) is 20.3 Å². The summed E-state index contributed by atoms with van der Waals surface area (Å²) < 4.78 is 5.15. The van der Waals surface area contributed by atoms with Gasteiger partial charge in [0.25, 0.3) is 5.88 Å². The summed E-state index contributed by atoms with van der Waals surface area (Å²) in [4.78, 5) is 22.2. The summed E-state index contributed by atoms with van der Waals surface area (Å²) in [6.45, 7) is 2.42. The van der Waals surface area contributed by atoms with Crippen molar-refractivity contribution in [2.75, 3.05) is 11.9 Å². The van der Waals surface area contributed by atoms with Crippen molar-refractivity contribution in [3.05, 3.63) is 46.5 Å². The van der Waals surface area contributed by atoms with Crippen LogP contribution in [0.15, 0.2) is 30.9 Å². The second-order valence-corrected chi connectivity index (χ2v) is 3.78. The van der Waals surface area contributed by atoms with Crippen LogP contribution >= 0.6 is 0 Å². The van der Waals surface area contributed by atoms with Gasteiger partial charge in [-0.15, -0.1) is 0 Å². The molecule has 2 heterocycles. The van der Waals surface area contributed by atoms with E-state index in [1.54, 1.807) is 19.3 Å². The molecule has 0 saturated heterocycles. The topological polar surface area (TPSA) is 103 Å². The molecule has 8 heteroatoms. The minimum Gasteiger partial charge on any atom is -0.473 e. The fourth-order valence-corrected chi connectivity index (χ4v) is 1.59. The number of rotatable bonds is 6. The Morgan fingerprint density at radius 2 is 2.10 bits per heavy atom. The van der Waals surface area contributed by atoms with Crippen LogP contribution in [0.1, 0.15) is 12.5 Å². The van der Waals surface area contributed by atoms with E-state index in [-0.39, 0.29) is 17.4 Å². The third kappa shape index (κ3) is 3.16. The van der Waals surface area contributed by atoms with Crippen LogP contribution in [-0.2, 0) is 6.54 Å². The second kappa shape index (κ2) is 6.41. The van der Waals surface area contributed by atoms with Gasteiger partial charge < -0.3 is 10.1 Å². The van der Waals surface area contributed by atoms with Crippen LogP contribution in [0.4, 0.5) is 11.5 Å². The van der Waals surface area contributed by atoms with E-state index in [0.29, 0.717) is 13.2 Å². The number of pyridine rings is 1. The van der Waals surface area contributed by atoms with Crippen molar-refractivity contribution in [1.29, 1.82) is 0 Å². The van der Waals surface area contributed by atoms with Crippen molar-refractivity contribution < 1.29 is 9.66 Å². The highest BCUT2D eigenvalue weighted by molar-refractivity contribution is 5.61. The first-order chi connectivity index (χ1) is 9.72. The molecule has 0 spiro atoms. The van der Waals surface area contributed by atoms with Gasteiger partial charge in [-0.3, -0.25) is 15.1 Å². The maximum Gasteiger partial charge on any atom is 0.372 e. The van der Waals surface area contributed by atoms with Crippen molar-refractivity contribution in [2.24, 2.45) is 0 Å². The van der Waals surface area contributed by atoms with Gasteiger partial charge in [-0.05, 0) is 24.6 Å². The Hall–Kier alpha value is -2.77. The summed E-state index contributed by atoms with van der Waals surface area (Å²) in [6, 6.07) is 3.62. The van der Waals surface area contributed by atoms with Gasteiger partial charge >= 0.3 is 5.69 Å². The van der Waals surface area contributed by atoms with Crippen molar-refractivity contribution >= 4 is 11.5 Å². The van der Waals surface area contributed by atoms with Gasteiger partial charge in [-0.25, -0.2) is 4.98 Å². The van der Waals surface area contributed by atoms with Crippen LogP contribution in [0.3, 0.4) is 0 Å². The number of nitrogens with one attached hydrogen (secondary N) is 1. The van der Waals surface area contributed by atoms with Crippen LogP contribution < -0.4 is 10.1 Å². The lowest BCUT2D eigenvalue weighted by atomic mass is 10.3. The second-order valence-electron chi connectivity index (χ2n) is 3.78. The normalized spacial score (nSPS) is 10.1. The number of nitro groups is 1. The summed E-state index contributed by atoms with van der Waals surface area (Å²) in [5, 5.41) is 14.0. The zero-order valence-corrected chi connectivity index (χ0v) is 10.8. The molecule has 0 fully saturated rings. The maximum atomic E-state index is 11.1. The molecule has 0 atom stereocenters. The lowest BCUT2D eigenvalue weighted by molar-refractivity contribution is -0.385. The molecule has 0 aliphatic carbocycles. The fraction of sp³-hybridized carbons (Fsp3) is 0.250. The predicted octanol–water partition coefficient (Wildman–Crippen LogP) is 1.79. The summed E-state index contributed by atoms with van der Waals surface area (Å²) in [5.74, 6) is 0.0926. The molecule has 0 amide bonds. The quantitative estimate of drug-likeness (QED) is 0.633. The molecule has 1 N–H and O–H groups in total. The van der Waals surface area contributed by atoms with E-state index in [1.807, 2.05) is 12.1 Å². The van der Waals surface area contributed by atoms with Gasteiger partial charge in [0.2, 0.25) is 5.82 Å². The summed E-state index contributed by atoms with van der Waals surface area (Å²) >= 11 is 0. The van der Waals surface area contributed by atoms with E-state index in [1.165, 1.54) is 6.33 Å². The molecule has 0 aliphatic heterocycles. The van der Waals surface area contributed by atoms with E-state index in [0.717, 1.165) is 5.56 Å². The van der Waals surface area contributed by atoms with Crippen molar-refractivity contribution in [3.8, 4) is 5.88 Å². The highest BCUT2D eigenvalue weighted by Gasteiger charge is 2.23. The lowest BCUT2D eigenvalue weighted by Crippen LogP contribution is -2.08. The molecule has 0 saturated carbocycles. The largest absolute Gasteiger partial charge is 0.473 e. The molecule has 0 unspecified atom stereocenters. The minimum atomic E-state index is -0.556. The Kier molecular flexibility index (Phi) is 4.38. The zero-order valence-electron chi connectivity index (χ0n) is 10.8. The fourth-order valence-electron chi connectivity index (χ4n) is 1.59. The standard InChI is InChI=1S/C12H13N5O3/c1-2-20-12-10(17(18)19)11(15-8-16-12)14-7-9-3-5-13-6-4-9/h3-6,8H,2,7H2,1H3,(H,14,15,16). The zero-order chi connectivity index (χ0) is 14.4. The Labute approximate surface area is 115 Å². The first-order valence-corrected chi connectivity index (χ1v) is 5.97. The Balaban J connectivity index is 2.22. The van der Waals surface area contributed by atoms with Crippen LogP contribution in [0.2, 0.25) is 0 Å². The van der Waals surface area contributed by atoms with E-state index < -0.39 is 4.92 Å². The number of anilines is 1. The number of aromatic nitrogens is 3. The van der Waals surface area contributed by atoms with Gasteiger partial charge in [0.05, 0.1) is 11.5 Å². The maximum absolute atomic E-state index is 11.1. The van der Waals surface area contributed by atoms with Crippen LogP contribution in [-0.4, -0.2) is 26.5 Å². The van der Waals surface area contributed by atoms with Crippen LogP contribution in [0, 0.1) is 10.1 Å². The summed E-state index contributed by atoms with van der Waals surface area (Å²) in [5.41, 5.74) is 0.675. The molecule has 20 heavy (non-hydrogen) atoms. The van der Waals surface area contributed by atoms with E-state index in [4.69, 9.17) is 4.74 Å². The molecule has 2 aromatic rings. The molecule has 2 rings (SSSR count). The van der Waals surface area contributed by atoms with Gasteiger partial charge in [0.15, 0.2) is 0 Å². The van der Waals surface area contributed by atoms with E-state index in [9.17, 15) is 10.1 Å². The van der Waals surface area contributed by atoms with Crippen molar-refractivity contribution in [1.82, 2.24) is 15.0 Å². The highest BCUT2D eigenvalue weighted by atomic mass is 16.6. The predicted molar refractivity (Wildman–Crippen MR) is 71.4 cm³/mol. The van der Waals surface area contributed by atoms with Gasteiger partial charge in [-0.1, -0.05) is 0 Å². The molecule has 8 nitrogen and oxygen atoms in total. The molecule has 0 bridgehead atoms. The monoisotopic (exact) mass is 275 g/mol. The Morgan fingerprint density at radius 1 is 1.35 bits per heavy atom. The average molecular weight is 275 g/mol. The van der Waals surface area contributed by atoms with Gasteiger partial charge in [0, 0.05) is 18.9 Å². The number of hydrogen-bond donors (Lipinski definition) is 1. The first kappa shape index (κ1) is 13.7. The smallest absolute Gasteiger partial charge is 0.372 e. The lowest BCUT2D eigenvalue weighted by Gasteiger charge is -2.08. The molecule has 0 radical (unpaired) electrons. The number of ether oxygens (including phenoxy) is 1. The highest BCUT2D eigenvalue weighted by Crippen LogP contribution is 2.30. The Morgan fingerprint density at radius 3 is 2.75 bits per heavy atom. The summed E-state index contributed by atoms with van der Waals surface area (Å²) in [7, 11) is 0. The van der Waals surface area contributed by atoms with Crippen molar-refractivity contribution in [2.45, 2.75) is 13.5 Å². The third-order valence-corrected chi connectivity index (χ3v) is 2.46. The van der Waals surface area contributed by atoms with Crippen LogP contribution in [0.25, 0.3) is 0 Å². The average Bonchev–Trinajstić information content (AvgIpc) is 2.46. The van der Waals surface area contributed by atoms with Gasteiger partial charge in [0.1, 0.15) is 6.33 Å². The minimum absolute atomic E-state index is 0.0373. The molecule has 104 valence electrons. The Bertz CT molecular complexity index is 591. The van der Waals surface area contributed by atoms with Crippen LogP contribution in [0.5, 0.6) is 5.88 Å². The SMILES string of the molecule is CCOc1ncnc(NCc2ccncc2)c1[N+](=O)[O-]. The first-order valence-electron chi connectivity index (χ1n) is 5.97. The number of hydrogen-bond acceptors (Lipinski definition) is 7. The summed E-state index contributed by atoms with van der Waals surface area (Å²) in [6.07, 6.45) is 4.53. The molecular weight excluding hydrogens is 262 g/mol. The van der Waals surface area contributed by atoms with E-state index >= 15 is 0 Å². The number of nitrogens with zero attached hydrogens (tertiary/aromatic N) is 4. The molecule has 0 aliphatic rings.